The van der Waals surface area contributed by atoms with E-state index in [0.29, 0.717) is 11.6 Å². The van der Waals surface area contributed by atoms with Crippen molar-refractivity contribution >= 4 is 22.4 Å². The molecule has 33 heavy (non-hydrogen) atoms. The minimum atomic E-state index is 0.398. The number of aromatic nitrogens is 4. The number of hydrogen-bond donors (Lipinski definition) is 2. The van der Waals surface area contributed by atoms with Crippen LogP contribution in [0, 0.1) is 25.2 Å². The molecular formula is C26H27N7. The highest BCUT2D eigenvalue weighted by Gasteiger charge is 2.23. The fraction of sp³-hybridized carbons (Fsp3) is 0.308. The zero-order valence-electron chi connectivity index (χ0n) is 19.0. The second kappa shape index (κ2) is 9.00. The van der Waals surface area contributed by atoms with Gasteiger partial charge in [-0.15, -0.1) is 0 Å². The molecule has 0 bridgehead atoms. The number of para-hydroxylation sites is 1. The zero-order valence-corrected chi connectivity index (χ0v) is 19.0. The molecule has 166 valence electrons. The van der Waals surface area contributed by atoms with Gasteiger partial charge >= 0.3 is 0 Å². The Bertz CT molecular complexity index is 1310. The Labute approximate surface area is 193 Å². The first-order valence-electron chi connectivity index (χ1n) is 11.4. The van der Waals surface area contributed by atoms with Crippen molar-refractivity contribution in [2.75, 3.05) is 18.4 Å². The van der Waals surface area contributed by atoms with E-state index in [-0.39, 0.29) is 0 Å². The first kappa shape index (κ1) is 21.1. The molecular weight excluding hydrogens is 410 g/mol. The number of rotatable bonds is 5. The van der Waals surface area contributed by atoms with Gasteiger partial charge in [-0.05, 0) is 63.5 Å². The number of fused-ring (bicyclic) bond motifs is 1. The van der Waals surface area contributed by atoms with Crippen molar-refractivity contribution in [1.29, 1.82) is 5.26 Å². The molecule has 2 N–H and O–H groups in total. The van der Waals surface area contributed by atoms with E-state index in [1.807, 2.05) is 25.1 Å². The van der Waals surface area contributed by atoms with E-state index in [1.165, 1.54) is 22.2 Å². The number of aromatic amines is 1. The van der Waals surface area contributed by atoms with Crippen molar-refractivity contribution in [3.05, 3.63) is 77.1 Å². The fourth-order valence-electron chi connectivity index (χ4n) is 4.65. The molecule has 5 rings (SSSR count). The quantitative estimate of drug-likeness (QED) is 0.458. The highest BCUT2D eigenvalue weighted by Crippen LogP contribution is 2.30. The van der Waals surface area contributed by atoms with Gasteiger partial charge in [0.2, 0.25) is 0 Å². The third-order valence-electron chi connectivity index (χ3n) is 6.47. The standard InChI is InChI=1S/C26H27N7/c1-17-22-5-3-4-6-23(22)32-25(17)16-33-11-9-19(10-12-33)24-13-26(30-18(2)29-24)31-21-8-7-20(14-27)28-15-21/h3-8,13,15,19,32H,9-12,16H2,1-2H3,(H,29,30,31). The number of nitrogens with one attached hydrogen (secondary N) is 2. The van der Waals surface area contributed by atoms with E-state index in [1.54, 1.807) is 12.3 Å². The van der Waals surface area contributed by atoms with Gasteiger partial charge in [0, 0.05) is 40.8 Å². The number of nitriles is 1. The van der Waals surface area contributed by atoms with Gasteiger partial charge < -0.3 is 10.3 Å². The third-order valence-corrected chi connectivity index (χ3v) is 6.47. The summed E-state index contributed by atoms with van der Waals surface area (Å²) in [4.78, 5) is 19.5. The molecule has 7 nitrogen and oxygen atoms in total. The number of anilines is 2. The molecule has 1 aromatic carbocycles. The van der Waals surface area contributed by atoms with Crippen LogP contribution in [0.2, 0.25) is 0 Å². The van der Waals surface area contributed by atoms with Crippen LogP contribution in [0.15, 0.2) is 48.7 Å². The average Bonchev–Trinajstić information content (AvgIpc) is 3.15. The van der Waals surface area contributed by atoms with E-state index < -0.39 is 0 Å². The second-order valence-electron chi connectivity index (χ2n) is 8.72. The molecule has 1 fully saturated rings. The predicted molar refractivity (Wildman–Crippen MR) is 129 cm³/mol. The van der Waals surface area contributed by atoms with Gasteiger partial charge in [0.1, 0.15) is 23.4 Å². The number of aryl methyl sites for hydroxylation is 2. The number of benzene rings is 1. The fourth-order valence-corrected chi connectivity index (χ4v) is 4.65. The lowest BCUT2D eigenvalue weighted by Crippen LogP contribution is -2.33. The Morgan fingerprint density at radius 2 is 1.94 bits per heavy atom. The normalized spacial score (nSPS) is 14.9. The van der Waals surface area contributed by atoms with E-state index in [2.05, 4.69) is 56.4 Å². The van der Waals surface area contributed by atoms with E-state index >= 15 is 0 Å². The lowest BCUT2D eigenvalue weighted by molar-refractivity contribution is 0.201. The minimum Gasteiger partial charge on any atom is -0.357 e. The molecule has 1 aliphatic rings. The molecule has 7 heteroatoms. The second-order valence-corrected chi connectivity index (χ2v) is 8.72. The maximum absolute atomic E-state index is 8.92. The number of piperidine rings is 1. The van der Waals surface area contributed by atoms with Crippen molar-refractivity contribution < 1.29 is 0 Å². The first-order valence-corrected chi connectivity index (χ1v) is 11.4. The Balaban J connectivity index is 1.24. The summed E-state index contributed by atoms with van der Waals surface area (Å²) >= 11 is 0. The Kier molecular flexibility index (Phi) is 5.76. The number of pyridine rings is 1. The summed E-state index contributed by atoms with van der Waals surface area (Å²) in [5, 5.41) is 13.5. The Morgan fingerprint density at radius 3 is 2.67 bits per heavy atom. The highest BCUT2D eigenvalue weighted by atomic mass is 15.1. The van der Waals surface area contributed by atoms with Gasteiger partial charge in [0.25, 0.3) is 0 Å². The van der Waals surface area contributed by atoms with E-state index in [0.717, 1.165) is 55.5 Å². The van der Waals surface area contributed by atoms with Crippen LogP contribution in [0.3, 0.4) is 0 Å². The number of likely N-dealkylation sites (tertiary alicyclic amines) is 1. The maximum Gasteiger partial charge on any atom is 0.140 e. The summed E-state index contributed by atoms with van der Waals surface area (Å²) in [6.07, 6.45) is 3.81. The Hall–Kier alpha value is -3.76. The summed E-state index contributed by atoms with van der Waals surface area (Å²) < 4.78 is 0. The van der Waals surface area contributed by atoms with Gasteiger partial charge in [-0.25, -0.2) is 15.0 Å². The molecule has 0 aliphatic carbocycles. The van der Waals surface area contributed by atoms with Gasteiger partial charge in [-0.1, -0.05) is 18.2 Å². The largest absolute Gasteiger partial charge is 0.357 e. The molecule has 0 atom stereocenters. The van der Waals surface area contributed by atoms with Gasteiger partial charge in [-0.3, -0.25) is 4.90 Å². The lowest BCUT2D eigenvalue weighted by Gasteiger charge is -2.31. The van der Waals surface area contributed by atoms with Crippen molar-refractivity contribution in [2.45, 2.75) is 39.2 Å². The molecule has 0 saturated carbocycles. The predicted octanol–water partition coefficient (Wildman–Crippen LogP) is 4.96. The van der Waals surface area contributed by atoms with Gasteiger partial charge in [-0.2, -0.15) is 5.26 Å². The lowest BCUT2D eigenvalue weighted by atomic mass is 9.93. The van der Waals surface area contributed by atoms with Crippen molar-refractivity contribution in [1.82, 2.24) is 24.8 Å². The molecule has 1 saturated heterocycles. The Morgan fingerprint density at radius 1 is 1.12 bits per heavy atom. The molecule has 4 aromatic rings. The molecule has 0 unspecified atom stereocenters. The zero-order chi connectivity index (χ0) is 22.8. The smallest absolute Gasteiger partial charge is 0.140 e. The van der Waals surface area contributed by atoms with Crippen LogP contribution < -0.4 is 5.32 Å². The van der Waals surface area contributed by atoms with Crippen LogP contribution in [0.4, 0.5) is 11.5 Å². The molecule has 0 amide bonds. The van der Waals surface area contributed by atoms with Crippen LogP contribution in [0.25, 0.3) is 10.9 Å². The SMILES string of the molecule is Cc1nc(Nc2ccc(C#N)nc2)cc(C2CCN(Cc3[nH]c4ccccc4c3C)CC2)n1. The summed E-state index contributed by atoms with van der Waals surface area (Å²) in [5.41, 5.74) is 6.18. The summed E-state index contributed by atoms with van der Waals surface area (Å²) in [6.45, 7) is 7.19. The van der Waals surface area contributed by atoms with Crippen LogP contribution in [-0.2, 0) is 6.54 Å². The summed E-state index contributed by atoms with van der Waals surface area (Å²) in [5.74, 6) is 1.94. The first-order chi connectivity index (χ1) is 16.1. The third kappa shape index (κ3) is 4.57. The van der Waals surface area contributed by atoms with Crippen LogP contribution in [0.1, 0.15) is 47.2 Å². The highest BCUT2D eigenvalue weighted by molar-refractivity contribution is 5.84. The average molecular weight is 438 g/mol. The molecule has 4 heterocycles. The van der Waals surface area contributed by atoms with E-state index in [4.69, 9.17) is 10.2 Å². The van der Waals surface area contributed by atoms with Crippen LogP contribution in [0.5, 0.6) is 0 Å². The summed E-state index contributed by atoms with van der Waals surface area (Å²) in [6, 6.07) is 16.1. The number of hydrogen-bond acceptors (Lipinski definition) is 6. The van der Waals surface area contributed by atoms with Crippen LogP contribution >= 0.6 is 0 Å². The van der Waals surface area contributed by atoms with Gasteiger partial charge in [0.05, 0.1) is 11.9 Å². The molecule has 0 spiro atoms. The monoisotopic (exact) mass is 437 g/mol. The number of nitrogens with zero attached hydrogens (tertiary/aromatic N) is 5. The minimum absolute atomic E-state index is 0.398. The van der Waals surface area contributed by atoms with Crippen molar-refractivity contribution in [2.24, 2.45) is 0 Å². The molecule has 0 radical (unpaired) electrons. The topological polar surface area (TPSA) is 93.5 Å². The van der Waals surface area contributed by atoms with Crippen molar-refractivity contribution in [3.63, 3.8) is 0 Å². The summed E-state index contributed by atoms with van der Waals surface area (Å²) in [7, 11) is 0. The molecule has 3 aromatic heterocycles. The van der Waals surface area contributed by atoms with E-state index in [9.17, 15) is 0 Å². The van der Waals surface area contributed by atoms with Crippen molar-refractivity contribution in [3.8, 4) is 6.07 Å². The maximum atomic E-state index is 8.92. The van der Waals surface area contributed by atoms with Crippen LogP contribution in [-0.4, -0.2) is 37.9 Å². The molecule has 1 aliphatic heterocycles. The number of H-pyrrole nitrogens is 1. The van der Waals surface area contributed by atoms with Gasteiger partial charge in [0.15, 0.2) is 0 Å².